The lowest BCUT2D eigenvalue weighted by Gasteiger charge is -2.34. The third kappa shape index (κ3) is 4.77. The van der Waals surface area contributed by atoms with Crippen LogP contribution in [0.5, 0.6) is 0 Å². The molecule has 0 atom stereocenters. The second-order valence-electron chi connectivity index (χ2n) is 6.50. The van der Waals surface area contributed by atoms with Gasteiger partial charge in [-0.3, -0.25) is 19.8 Å². The van der Waals surface area contributed by atoms with Crippen molar-refractivity contribution in [1.82, 2.24) is 9.80 Å². The molecule has 3 rings (SSSR count). The molecule has 6 nitrogen and oxygen atoms in total. The highest BCUT2D eigenvalue weighted by Gasteiger charge is 2.20. The lowest BCUT2D eigenvalue weighted by atomic mass is 10.1. The number of nitrogens with zero attached hydrogens (tertiary/aromatic N) is 3. The van der Waals surface area contributed by atoms with E-state index >= 15 is 0 Å². The Labute approximate surface area is 160 Å². The van der Waals surface area contributed by atoms with Crippen molar-refractivity contribution in [2.45, 2.75) is 6.54 Å². The molecule has 1 aliphatic heterocycles. The Morgan fingerprint density at radius 2 is 1.79 bits per heavy atom. The van der Waals surface area contributed by atoms with Gasteiger partial charge in [-0.05, 0) is 29.8 Å². The summed E-state index contributed by atoms with van der Waals surface area (Å²) in [5, 5.41) is 11.0. The van der Waals surface area contributed by atoms with E-state index in [1.165, 1.54) is 24.3 Å². The van der Waals surface area contributed by atoms with Crippen molar-refractivity contribution in [3.05, 3.63) is 81.4 Å². The predicted octanol–water partition coefficient (Wildman–Crippen LogP) is 3.23. The SMILES string of the molecule is O=C(C=Cc1ccccc1[N+](=O)[O-])N1CCN(Cc2ccc(F)c(F)c2)CC1. The number of nitro benzene ring substituents is 1. The number of carbonyl (C=O) groups is 1. The quantitative estimate of drug-likeness (QED) is 0.449. The number of carbonyl (C=O) groups excluding carboxylic acids is 1. The van der Waals surface area contributed by atoms with Gasteiger partial charge in [0.05, 0.1) is 10.5 Å². The molecule has 0 aromatic heterocycles. The van der Waals surface area contributed by atoms with Crippen molar-refractivity contribution < 1.29 is 18.5 Å². The lowest BCUT2D eigenvalue weighted by Crippen LogP contribution is -2.47. The molecule has 28 heavy (non-hydrogen) atoms. The van der Waals surface area contributed by atoms with Crippen LogP contribution in [0, 0.1) is 21.7 Å². The Balaban J connectivity index is 1.55. The highest BCUT2D eigenvalue weighted by Crippen LogP contribution is 2.19. The van der Waals surface area contributed by atoms with Gasteiger partial charge in [0.15, 0.2) is 11.6 Å². The summed E-state index contributed by atoms with van der Waals surface area (Å²) in [5.41, 5.74) is 0.996. The summed E-state index contributed by atoms with van der Waals surface area (Å²) in [6.07, 6.45) is 2.79. The fourth-order valence-electron chi connectivity index (χ4n) is 3.08. The number of piperazine rings is 1. The molecule has 146 valence electrons. The molecule has 1 saturated heterocycles. The second-order valence-corrected chi connectivity index (χ2v) is 6.50. The summed E-state index contributed by atoms with van der Waals surface area (Å²) in [6.45, 7) is 2.66. The number of hydrogen-bond donors (Lipinski definition) is 0. The van der Waals surface area contributed by atoms with E-state index in [0.29, 0.717) is 43.9 Å². The van der Waals surface area contributed by atoms with Crippen LogP contribution in [-0.4, -0.2) is 46.8 Å². The minimum atomic E-state index is -0.871. The van der Waals surface area contributed by atoms with Crippen molar-refractivity contribution in [3.8, 4) is 0 Å². The number of rotatable bonds is 5. The monoisotopic (exact) mass is 387 g/mol. The fourth-order valence-corrected chi connectivity index (χ4v) is 3.08. The Hall–Kier alpha value is -3.13. The molecule has 8 heteroatoms. The molecule has 0 unspecified atom stereocenters. The second kappa shape index (κ2) is 8.71. The Bertz CT molecular complexity index is 909. The summed E-state index contributed by atoms with van der Waals surface area (Å²) in [6, 6.07) is 10.1. The van der Waals surface area contributed by atoms with Crippen LogP contribution < -0.4 is 0 Å². The largest absolute Gasteiger partial charge is 0.337 e. The van der Waals surface area contributed by atoms with Crippen molar-refractivity contribution in [2.24, 2.45) is 0 Å². The standard InChI is InChI=1S/C20H19F2N3O3/c21-17-7-5-15(13-18(17)22)14-23-9-11-24(12-10-23)20(26)8-6-16-3-1-2-4-19(16)25(27)28/h1-8,13H,9-12,14H2. The third-order valence-corrected chi connectivity index (χ3v) is 4.61. The van der Waals surface area contributed by atoms with Gasteiger partial charge in [-0.15, -0.1) is 0 Å². The molecular formula is C20H19F2N3O3. The molecule has 1 heterocycles. The van der Waals surface area contributed by atoms with Gasteiger partial charge < -0.3 is 4.90 Å². The van der Waals surface area contributed by atoms with E-state index in [9.17, 15) is 23.7 Å². The zero-order chi connectivity index (χ0) is 20.1. The highest BCUT2D eigenvalue weighted by molar-refractivity contribution is 5.92. The van der Waals surface area contributed by atoms with Crippen LogP contribution in [0.2, 0.25) is 0 Å². The smallest absolute Gasteiger partial charge is 0.276 e. The maximum absolute atomic E-state index is 13.3. The van der Waals surface area contributed by atoms with Crippen LogP contribution in [0.3, 0.4) is 0 Å². The van der Waals surface area contributed by atoms with E-state index in [0.717, 1.165) is 6.07 Å². The van der Waals surface area contributed by atoms with E-state index in [-0.39, 0.29) is 11.6 Å². The first-order valence-electron chi connectivity index (χ1n) is 8.81. The first-order valence-corrected chi connectivity index (χ1v) is 8.81. The average Bonchev–Trinajstić information content (AvgIpc) is 2.69. The summed E-state index contributed by atoms with van der Waals surface area (Å²) in [4.78, 5) is 26.6. The molecule has 0 bridgehead atoms. The summed E-state index contributed by atoms with van der Waals surface area (Å²) in [7, 11) is 0. The maximum atomic E-state index is 13.3. The first-order chi connectivity index (χ1) is 13.4. The molecule has 1 amide bonds. The molecule has 0 spiro atoms. The summed E-state index contributed by atoms with van der Waals surface area (Å²) in [5.74, 6) is -1.96. The zero-order valence-electron chi connectivity index (χ0n) is 15.1. The minimum Gasteiger partial charge on any atom is -0.337 e. The van der Waals surface area contributed by atoms with E-state index in [2.05, 4.69) is 4.90 Å². The van der Waals surface area contributed by atoms with Gasteiger partial charge in [-0.2, -0.15) is 0 Å². The predicted molar refractivity (Wildman–Crippen MR) is 100 cm³/mol. The van der Waals surface area contributed by atoms with Gasteiger partial charge in [-0.1, -0.05) is 18.2 Å². The topological polar surface area (TPSA) is 66.7 Å². The molecule has 2 aromatic rings. The number of amides is 1. The van der Waals surface area contributed by atoms with Gasteiger partial charge in [-0.25, -0.2) is 8.78 Å². The van der Waals surface area contributed by atoms with Gasteiger partial charge in [0, 0.05) is 44.9 Å². The molecule has 0 radical (unpaired) electrons. The number of benzene rings is 2. The van der Waals surface area contributed by atoms with Crippen LogP contribution in [-0.2, 0) is 11.3 Å². The van der Waals surface area contributed by atoms with Gasteiger partial charge in [0.2, 0.25) is 5.91 Å². The molecule has 1 fully saturated rings. The van der Waals surface area contributed by atoms with E-state index in [1.54, 1.807) is 29.2 Å². The average molecular weight is 387 g/mol. The van der Waals surface area contributed by atoms with Crippen LogP contribution in [0.25, 0.3) is 6.08 Å². The van der Waals surface area contributed by atoms with Crippen LogP contribution >= 0.6 is 0 Å². The van der Waals surface area contributed by atoms with E-state index in [4.69, 9.17) is 0 Å². The van der Waals surface area contributed by atoms with Crippen molar-refractivity contribution in [1.29, 1.82) is 0 Å². The van der Waals surface area contributed by atoms with Crippen molar-refractivity contribution >= 4 is 17.7 Å². The maximum Gasteiger partial charge on any atom is 0.276 e. The summed E-state index contributed by atoms with van der Waals surface area (Å²) < 4.78 is 26.3. The molecule has 0 saturated carbocycles. The van der Waals surface area contributed by atoms with Crippen molar-refractivity contribution in [3.63, 3.8) is 0 Å². The number of nitro groups is 1. The Morgan fingerprint density at radius 1 is 1.07 bits per heavy atom. The molecule has 0 N–H and O–H groups in total. The van der Waals surface area contributed by atoms with Crippen LogP contribution in [0.15, 0.2) is 48.5 Å². The Kier molecular flexibility index (Phi) is 6.10. The molecular weight excluding hydrogens is 368 g/mol. The fraction of sp³-hybridized carbons (Fsp3) is 0.250. The number of para-hydroxylation sites is 1. The molecule has 1 aliphatic rings. The van der Waals surface area contributed by atoms with Crippen LogP contribution in [0.4, 0.5) is 14.5 Å². The number of hydrogen-bond acceptors (Lipinski definition) is 4. The first kappa shape index (κ1) is 19.6. The van der Waals surface area contributed by atoms with Gasteiger partial charge >= 0.3 is 0 Å². The van der Waals surface area contributed by atoms with Gasteiger partial charge in [0.25, 0.3) is 5.69 Å². The zero-order valence-corrected chi connectivity index (χ0v) is 15.1. The van der Waals surface area contributed by atoms with Crippen LogP contribution in [0.1, 0.15) is 11.1 Å². The molecule has 0 aliphatic carbocycles. The van der Waals surface area contributed by atoms with E-state index < -0.39 is 16.6 Å². The summed E-state index contributed by atoms with van der Waals surface area (Å²) >= 11 is 0. The third-order valence-electron chi connectivity index (χ3n) is 4.61. The lowest BCUT2D eigenvalue weighted by molar-refractivity contribution is -0.385. The normalized spacial score (nSPS) is 15.1. The van der Waals surface area contributed by atoms with E-state index in [1.807, 2.05) is 0 Å². The molecule has 2 aromatic carbocycles. The highest BCUT2D eigenvalue weighted by atomic mass is 19.2. The van der Waals surface area contributed by atoms with Crippen molar-refractivity contribution in [2.75, 3.05) is 26.2 Å². The minimum absolute atomic E-state index is 0.0529. The Morgan fingerprint density at radius 3 is 2.46 bits per heavy atom. The van der Waals surface area contributed by atoms with Gasteiger partial charge in [0.1, 0.15) is 0 Å². The number of halogens is 2.